The molecule has 8 nitrogen and oxygen atoms in total. The van der Waals surface area contributed by atoms with E-state index in [9.17, 15) is 4.79 Å². The molecular weight excluding hydrogens is 390 g/mol. The van der Waals surface area contributed by atoms with Crippen molar-refractivity contribution in [2.75, 3.05) is 6.54 Å². The molecule has 0 aliphatic carbocycles. The van der Waals surface area contributed by atoms with Crippen LogP contribution < -0.4 is 0 Å². The summed E-state index contributed by atoms with van der Waals surface area (Å²) in [5.41, 5.74) is 5.61. The fourth-order valence-corrected chi connectivity index (χ4v) is 4.06. The topological polar surface area (TPSA) is 81.7 Å². The van der Waals surface area contributed by atoms with E-state index in [4.69, 9.17) is 5.10 Å². The van der Waals surface area contributed by atoms with E-state index in [1.54, 1.807) is 12.5 Å². The summed E-state index contributed by atoms with van der Waals surface area (Å²) in [4.78, 5) is 19.2. The van der Waals surface area contributed by atoms with Crippen molar-refractivity contribution >= 4 is 5.91 Å². The normalized spacial score (nSPS) is 13.3. The highest BCUT2D eigenvalue weighted by Gasteiger charge is 2.29. The van der Waals surface area contributed by atoms with E-state index in [0.29, 0.717) is 31.0 Å². The fourth-order valence-electron chi connectivity index (χ4n) is 4.06. The van der Waals surface area contributed by atoms with E-state index in [1.165, 1.54) is 0 Å². The second-order valence-electron chi connectivity index (χ2n) is 7.83. The van der Waals surface area contributed by atoms with Gasteiger partial charge in [0.25, 0.3) is 5.91 Å². The van der Waals surface area contributed by atoms with Crippen molar-refractivity contribution in [3.8, 4) is 11.5 Å². The van der Waals surface area contributed by atoms with Crippen molar-refractivity contribution in [1.82, 2.24) is 34.4 Å². The maximum atomic E-state index is 13.1. The Labute approximate surface area is 180 Å². The molecule has 1 aliphatic heterocycles. The van der Waals surface area contributed by atoms with E-state index >= 15 is 0 Å². The van der Waals surface area contributed by atoms with E-state index < -0.39 is 0 Å². The highest BCUT2D eigenvalue weighted by atomic mass is 16.2. The van der Waals surface area contributed by atoms with Gasteiger partial charge in [-0.3, -0.25) is 14.5 Å². The molecule has 5 rings (SSSR count). The standard InChI is InChI=1S/C23H23N7O/c1-16-8-9-18(12-24-16)23(31)29-11-10-20-19(14-29)21(27-28(20)2)22-26-25-15-30(22)13-17-6-4-3-5-7-17/h3-9,12,15H,10-11,13-14H2,1-2H3. The third-order valence-corrected chi connectivity index (χ3v) is 5.71. The first kappa shape index (κ1) is 19.2. The average molecular weight is 413 g/mol. The summed E-state index contributed by atoms with van der Waals surface area (Å²) >= 11 is 0. The van der Waals surface area contributed by atoms with Gasteiger partial charge in [-0.1, -0.05) is 30.3 Å². The molecule has 1 aliphatic rings. The van der Waals surface area contributed by atoms with Crippen LogP contribution in [0.25, 0.3) is 11.5 Å². The molecule has 1 amide bonds. The van der Waals surface area contributed by atoms with Crippen LogP contribution in [0.1, 0.15) is 32.9 Å². The summed E-state index contributed by atoms with van der Waals surface area (Å²) in [6.45, 7) is 3.71. The van der Waals surface area contributed by atoms with Crippen LogP contribution in [0.15, 0.2) is 55.0 Å². The monoisotopic (exact) mass is 413 g/mol. The lowest BCUT2D eigenvalue weighted by Crippen LogP contribution is -2.36. The molecular formula is C23H23N7O. The number of hydrogen-bond donors (Lipinski definition) is 0. The Hall–Kier alpha value is -3.81. The van der Waals surface area contributed by atoms with Gasteiger partial charge >= 0.3 is 0 Å². The lowest BCUT2D eigenvalue weighted by atomic mass is 10.0. The summed E-state index contributed by atoms with van der Waals surface area (Å²) in [5.74, 6) is 0.700. The summed E-state index contributed by atoms with van der Waals surface area (Å²) in [5, 5.41) is 13.3. The highest BCUT2D eigenvalue weighted by molar-refractivity contribution is 5.94. The Balaban J connectivity index is 1.46. The second kappa shape index (κ2) is 7.79. The third kappa shape index (κ3) is 3.61. The molecule has 3 aromatic heterocycles. The van der Waals surface area contributed by atoms with Gasteiger partial charge in [0.1, 0.15) is 12.0 Å². The molecule has 0 unspecified atom stereocenters. The number of carbonyl (C=O) groups excluding carboxylic acids is 1. The molecule has 0 bridgehead atoms. The maximum Gasteiger partial charge on any atom is 0.255 e. The minimum atomic E-state index is -0.0151. The Morgan fingerprint density at radius 2 is 1.97 bits per heavy atom. The van der Waals surface area contributed by atoms with Crippen LogP contribution in [0.4, 0.5) is 0 Å². The highest BCUT2D eigenvalue weighted by Crippen LogP contribution is 2.29. The first-order chi connectivity index (χ1) is 15.1. The fraction of sp³-hybridized carbons (Fsp3) is 0.261. The van der Waals surface area contributed by atoms with Gasteiger partial charge in [0.15, 0.2) is 5.82 Å². The number of aromatic nitrogens is 6. The minimum absolute atomic E-state index is 0.0151. The van der Waals surface area contributed by atoms with Crippen molar-refractivity contribution < 1.29 is 4.79 Å². The number of fused-ring (bicyclic) bond motifs is 1. The van der Waals surface area contributed by atoms with Crippen molar-refractivity contribution in [1.29, 1.82) is 0 Å². The number of nitrogens with zero attached hydrogens (tertiary/aromatic N) is 7. The van der Waals surface area contributed by atoms with Crippen molar-refractivity contribution in [3.05, 3.63) is 83.1 Å². The zero-order valence-corrected chi connectivity index (χ0v) is 17.6. The van der Waals surface area contributed by atoms with Gasteiger partial charge in [0.2, 0.25) is 0 Å². The Kier molecular flexibility index (Phi) is 4.82. The Morgan fingerprint density at radius 1 is 1.13 bits per heavy atom. The minimum Gasteiger partial charge on any atom is -0.334 e. The predicted octanol–water partition coefficient (Wildman–Crippen LogP) is 2.63. The molecule has 4 aromatic rings. The van der Waals surface area contributed by atoms with Crippen molar-refractivity contribution in [3.63, 3.8) is 0 Å². The van der Waals surface area contributed by atoms with Crippen molar-refractivity contribution in [2.24, 2.45) is 7.05 Å². The van der Waals surface area contributed by atoms with Crippen LogP contribution in [0.2, 0.25) is 0 Å². The summed E-state index contributed by atoms with van der Waals surface area (Å²) in [7, 11) is 1.95. The smallest absolute Gasteiger partial charge is 0.255 e. The summed E-state index contributed by atoms with van der Waals surface area (Å²) in [6, 6.07) is 13.9. The Morgan fingerprint density at radius 3 is 2.74 bits per heavy atom. The lowest BCUT2D eigenvalue weighted by Gasteiger charge is -2.27. The van der Waals surface area contributed by atoms with Gasteiger partial charge in [-0.25, -0.2) is 0 Å². The molecule has 0 spiro atoms. The molecule has 156 valence electrons. The molecule has 0 N–H and O–H groups in total. The number of carbonyl (C=O) groups is 1. The molecule has 0 atom stereocenters. The van der Waals surface area contributed by atoms with Gasteiger partial charge in [-0.2, -0.15) is 5.10 Å². The van der Waals surface area contributed by atoms with E-state index in [-0.39, 0.29) is 5.91 Å². The SMILES string of the molecule is Cc1ccc(C(=O)N2CCc3c(c(-c4nncn4Cc4ccccc4)nn3C)C2)cn1. The molecule has 0 saturated carbocycles. The van der Waals surface area contributed by atoms with E-state index in [0.717, 1.165) is 34.6 Å². The maximum absolute atomic E-state index is 13.1. The Bertz CT molecular complexity index is 1220. The number of amides is 1. The zero-order valence-electron chi connectivity index (χ0n) is 17.6. The number of rotatable bonds is 4. The number of hydrogen-bond acceptors (Lipinski definition) is 5. The number of aryl methyl sites for hydroxylation is 2. The first-order valence-electron chi connectivity index (χ1n) is 10.3. The molecule has 1 aromatic carbocycles. The summed E-state index contributed by atoms with van der Waals surface area (Å²) in [6.07, 6.45) is 4.12. The van der Waals surface area contributed by atoms with E-state index in [2.05, 4.69) is 27.3 Å². The van der Waals surface area contributed by atoms with Crippen LogP contribution in [-0.4, -0.2) is 46.9 Å². The molecule has 31 heavy (non-hydrogen) atoms. The molecule has 0 saturated heterocycles. The van der Waals surface area contributed by atoms with Crippen molar-refractivity contribution in [2.45, 2.75) is 26.4 Å². The van der Waals surface area contributed by atoms with Gasteiger partial charge in [0.05, 0.1) is 18.7 Å². The van der Waals surface area contributed by atoms with Gasteiger partial charge in [-0.15, -0.1) is 10.2 Å². The van der Waals surface area contributed by atoms with Crippen LogP contribution in [0.5, 0.6) is 0 Å². The lowest BCUT2D eigenvalue weighted by molar-refractivity contribution is 0.0733. The molecule has 0 fully saturated rings. The zero-order chi connectivity index (χ0) is 21.4. The summed E-state index contributed by atoms with van der Waals surface area (Å²) < 4.78 is 3.91. The predicted molar refractivity (Wildman–Crippen MR) is 115 cm³/mol. The quantitative estimate of drug-likeness (QED) is 0.514. The van der Waals surface area contributed by atoms with Crippen LogP contribution >= 0.6 is 0 Å². The average Bonchev–Trinajstić information content (AvgIpc) is 3.38. The van der Waals surface area contributed by atoms with Crippen LogP contribution in [-0.2, 0) is 26.6 Å². The second-order valence-corrected chi connectivity index (χ2v) is 7.83. The van der Waals surface area contributed by atoms with E-state index in [1.807, 2.05) is 58.5 Å². The van der Waals surface area contributed by atoms with Crippen LogP contribution in [0, 0.1) is 6.92 Å². The molecule has 4 heterocycles. The van der Waals surface area contributed by atoms with Gasteiger partial charge < -0.3 is 9.47 Å². The van der Waals surface area contributed by atoms with Gasteiger partial charge in [-0.05, 0) is 24.6 Å². The number of pyridine rings is 1. The largest absolute Gasteiger partial charge is 0.334 e. The van der Waals surface area contributed by atoms with Crippen LogP contribution in [0.3, 0.4) is 0 Å². The molecule has 0 radical (unpaired) electrons. The number of benzene rings is 1. The first-order valence-corrected chi connectivity index (χ1v) is 10.3. The van der Waals surface area contributed by atoms with Gasteiger partial charge in [0, 0.05) is 43.2 Å². The third-order valence-electron chi connectivity index (χ3n) is 5.71. The molecule has 8 heteroatoms.